The summed E-state index contributed by atoms with van der Waals surface area (Å²) in [6, 6.07) is 7.49. The van der Waals surface area contributed by atoms with Crippen LogP contribution in [0.1, 0.15) is 44.7 Å². The number of hydrogen-bond donors (Lipinski definition) is 2. The summed E-state index contributed by atoms with van der Waals surface area (Å²) in [6.45, 7) is 6.11. The molecule has 116 valence electrons. The van der Waals surface area contributed by atoms with Crippen molar-refractivity contribution in [1.29, 1.82) is 0 Å². The van der Waals surface area contributed by atoms with Crippen molar-refractivity contribution in [3.05, 3.63) is 35.4 Å². The quantitative estimate of drug-likeness (QED) is 0.774. The minimum absolute atomic E-state index is 0.212. The summed E-state index contributed by atoms with van der Waals surface area (Å²) >= 11 is 0. The highest BCUT2D eigenvalue weighted by molar-refractivity contribution is 5.83. The van der Waals surface area contributed by atoms with E-state index in [1.165, 1.54) is 5.56 Å². The molecule has 0 aromatic heterocycles. The van der Waals surface area contributed by atoms with Crippen LogP contribution in [0.15, 0.2) is 24.3 Å². The third-order valence-electron chi connectivity index (χ3n) is 3.35. The molecule has 4 heteroatoms. The van der Waals surface area contributed by atoms with Gasteiger partial charge in [0.2, 0.25) is 5.91 Å². The van der Waals surface area contributed by atoms with E-state index in [0.717, 1.165) is 12.0 Å². The first-order valence-electron chi connectivity index (χ1n) is 7.52. The van der Waals surface area contributed by atoms with Gasteiger partial charge in [0.1, 0.15) is 6.04 Å². The summed E-state index contributed by atoms with van der Waals surface area (Å²) in [4.78, 5) is 22.6. The molecule has 0 aliphatic rings. The topological polar surface area (TPSA) is 66.4 Å². The van der Waals surface area contributed by atoms with E-state index in [0.29, 0.717) is 25.2 Å². The minimum Gasteiger partial charge on any atom is -0.480 e. The van der Waals surface area contributed by atoms with E-state index >= 15 is 0 Å². The highest BCUT2D eigenvalue weighted by atomic mass is 16.4. The van der Waals surface area contributed by atoms with Crippen molar-refractivity contribution in [3.8, 4) is 0 Å². The lowest BCUT2D eigenvalue weighted by molar-refractivity contribution is -0.141. The molecule has 21 heavy (non-hydrogen) atoms. The Morgan fingerprint density at radius 2 is 1.71 bits per heavy atom. The lowest BCUT2D eigenvalue weighted by Crippen LogP contribution is -2.40. The lowest BCUT2D eigenvalue weighted by Gasteiger charge is -2.12. The summed E-state index contributed by atoms with van der Waals surface area (Å²) < 4.78 is 0. The highest BCUT2D eigenvalue weighted by Crippen LogP contribution is 2.11. The van der Waals surface area contributed by atoms with Crippen LogP contribution in [0.2, 0.25) is 0 Å². The zero-order chi connectivity index (χ0) is 15.8. The van der Waals surface area contributed by atoms with Gasteiger partial charge in [-0.1, -0.05) is 45.0 Å². The fraction of sp³-hybridized carbons (Fsp3) is 0.529. The lowest BCUT2D eigenvalue weighted by atomic mass is 10.0. The molecule has 4 nitrogen and oxygen atoms in total. The molecule has 1 rings (SSSR count). The SMILES string of the molecule is CCC(NC(=O)CCc1ccc(CC(C)C)cc1)C(=O)O. The van der Waals surface area contributed by atoms with Crippen LogP contribution in [0.4, 0.5) is 0 Å². The van der Waals surface area contributed by atoms with E-state index < -0.39 is 12.0 Å². The van der Waals surface area contributed by atoms with Crippen molar-refractivity contribution in [2.75, 3.05) is 0 Å². The minimum atomic E-state index is -0.983. The Hall–Kier alpha value is -1.84. The average Bonchev–Trinajstić information content (AvgIpc) is 2.43. The molecule has 1 unspecified atom stereocenters. The monoisotopic (exact) mass is 291 g/mol. The van der Waals surface area contributed by atoms with Crippen molar-refractivity contribution in [3.63, 3.8) is 0 Å². The Kier molecular flexibility index (Phi) is 6.92. The molecule has 1 atom stereocenters. The van der Waals surface area contributed by atoms with Crippen LogP contribution in [0.3, 0.4) is 0 Å². The summed E-state index contributed by atoms with van der Waals surface area (Å²) in [5.74, 6) is -0.567. The number of carboxylic acid groups (broad SMARTS) is 1. The second-order valence-corrected chi connectivity index (χ2v) is 5.78. The molecule has 0 radical (unpaired) electrons. The van der Waals surface area contributed by atoms with Gasteiger partial charge in [-0.05, 0) is 36.3 Å². The Bertz CT molecular complexity index is 465. The standard InChI is InChI=1S/C17H25NO3/c1-4-15(17(20)21)18-16(19)10-9-13-5-7-14(8-6-13)11-12(2)3/h5-8,12,15H,4,9-11H2,1-3H3,(H,18,19)(H,20,21). The number of carbonyl (C=O) groups is 2. The molecule has 0 saturated heterocycles. The normalized spacial score (nSPS) is 12.2. The fourth-order valence-corrected chi connectivity index (χ4v) is 2.18. The number of aliphatic carboxylic acids is 1. The molecular formula is C17H25NO3. The van der Waals surface area contributed by atoms with E-state index in [9.17, 15) is 9.59 Å². The zero-order valence-corrected chi connectivity index (χ0v) is 13.1. The van der Waals surface area contributed by atoms with Gasteiger partial charge in [0.05, 0.1) is 0 Å². The molecule has 0 fully saturated rings. The van der Waals surface area contributed by atoms with Gasteiger partial charge in [0, 0.05) is 6.42 Å². The predicted octanol–water partition coefficient (Wildman–Crippen LogP) is 2.80. The third-order valence-corrected chi connectivity index (χ3v) is 3.35. The van der Waals surface area contributed by atoms with Crippen LogP contribution in [0, 0.1) is 5.92 Å². The van der Waals surface area contributed by atoms with Gasteiger partial charge in [-0.15, -0.1) is 0 Å². The van der Waals surface area contributed by atoms with E-state index in [4.69, 9.17) is 5.11 Å². The molecule has 1 amide bonds. The number of carboxylic acids is 1. The second kappa shape index (κ2) is 8.45. The largest absolute Gasteiger partial charge is 0.480 e. The van der Waals surface area contributed by atoms with Crippen LogP contribution in [0.25, 0.3) is 0 Å². The van der Waals surface area contributed by atoms with E-state index in [2.05, 4.69) is 31.3 Å². The van der Waals surface area contributed by atoms with Gasteiger partial charge in [-0.3, -0.25) is 4.79 Å². The van der Waals surface area contributed by atoms with Gasteiger partial charge in [0.15, 0.2) is 0 Å². The molecule has 0 aliphatic heterocycles. The maximum Gasteiger partial charge on any atom is 0.326 e. The molecular weight excluding hydrogens is 266 g/mol. The van der Waals surface area contributed by atoms with E-state index in [-0.39, 0.29) is 5.91 Å². The fourth-order valence-electron chi connectivity index (χ4n) is 2.18. The number of hydrogen-bond acceptors (Lipinski definition) is 2. The first kappa shape index (κ1) is 17.2. The van der Waals surface area contributed by atoms with E-state index in [1.807, 2.05) is 12.1 Å². The number of amides is 1. The number of benzene rings is 1. The number of carbonyl (C=O) groups excluding carboxylic acids is 1. The summed E-state index contributed by atoms with van der Waals surface area (Å²) in [5.41, 5.74) is 2.40. The Morgan fingerprint density at radius 3 is 2.19 bits per heavy atom. The molecule has 1 aromatic carbocycles. The second-order valence-electron chi connectivity index (χ2n) is 5.78. The van der Waals surface area contributed by atoms with Crippen LogP contribution >= 0.6 is 0 Å². The Morgan fingerprint density at radius 1 is 1.14 bits per heavy atom. The van der Waals surface area contributed by atoms with Crippen LogP contribution < -0.4 is 5.32 Å². The zero-order valence-electron chi connectivity index (χ0n) is 13.1. The molecule has 0 heterocycles. The predicted molar refractivity (Wildman–Crippen MR) is 83.2 cm³/mol. The van der Waals surface area contributed by atoms with Gasteiger partial charge in [-0.2, -0.15) is 0 Å². The van der Waals surface area contributed by atoms with Crippen molar-refractivity contribution in [2.45, 2.75) is 52.5 Å². The maximum atomic E-state index is 11.7. The summed E-state index contributed by atoms with van der Waals surface area (Å²) in [5, 5.41) is 11.4. The van der Waals surface area contributed by atoms with Crippen LogP contribution in [-0.4, -0.2) is 23.0 Å². The van der Waals surface area contributed by atoms with Crippen LogP contribution in [-0.2, 0) is 22.4 Å². The number of nitrogens with one attached hydrogen (secondary N) is 1. The number of aryl methyl sites for hydroxylation is 1. The number of rotatable bonds is 8. The smallest absolute Gasteiger partial charge is 0.326 e. The first-order valence-corrected chi connectivity index (χ1v) is 7.52. The van der Waals surface area contributed by atoms with Gasteiger partial charge >= 0.3 is 5.97 Å². The summed E-state index contributed by atoms with van der Waals surface area (Å²) in [6.07, 6.45) is 2.39. The molecule has 0 spiro atoms. The molecule has 1 aromatic rings. The first-order chi connectivity index (χ1) is 9.92. The van der Waals surface area contributed by atoms with Gasteiger partial charge in [0.25, 0.3) is 0 Å². The average molecular weight is 291 g/mol. The molecule has 0 bridgehead atoms. The van der Waals surface area contributed by atoms with Crippen molar-refractivity contribution < 1.29 is 14.7 Å². The van der Waals surface area contributed by atoms with Gasteiger partial charge < -0.3 is 10.4 Å². The Balaban J connectivity index is 2.44. The Labute approximate surface area is 126 Å². The molecule has 0 saturated carbocycles. The van der Waals surface area contributed by atoms with Crippen molar-refractivity contribution in [1.82, 2.24) is 5.32 Å². The van der Waals surface area contributed by atoms with E-state index in [1.54, 1.807) is 6.92 Å². The molecule has 0 aliphatic carbocycles. The highest BCUT2D eigenvalue weighted by Gasteiger charge is 2.17. The maximum absolute atomic E-state index is 11.7. The van der Waals surface area contributed by atoms with Gasteiger partial charge in [-0.25, -0.2) is 4.79 Å². The van der Waals surface area contributed by atoms with Crippen molar-refractivity contribution in [2.24, 2.45) is 5.92 Å². The molecule has 2 N–H and O–H groups in total. The van der Waals surface area contributed by atoms with Crippen LogP contribution in [0.5, 0.6) is 0 Å². The van der Waals surface area contributed by atoms with Crippen molar-refractivity contribution >= 4 is 11.9 Å². The summed E-state index contributed by atoms with van der Waals surface area (Å²) in [7, 11) is 0. The third kappa shape index (κ3) is 6.43.